The van der Waals surface area contributed by atoms with Crippen LogP contribution in [0.15, 0.2) is 15.0 Å². The van der Waals surface area contributed by atoms with Gasteiger partial charge in [-0.3, -0.25) is 43.4 Å². The molecule has 0 aliphatic carbocycles. The summed E-state index contributed by atoms with van der Waals surface area (Å²) in [6, 6.07) is 0. The van der Waals surface area contributed by atoms with E-state index in [0.29, 0.717) is 7.18 Å². The van der Waals surface area contributed by atoms with Gasteiger partial charge in [-0.05, 0) is 105 Å². The lowest BCUT2D eigenvalue weighted by Gasteiger charge is -2.08. The third kappa shape index (κ3) is 344. The van der Waals surface area contributed by atoms with Crippen LogP contribution in [0.5, 0.6) is 0 Å². The average Bonchev–Trinajstić information content (AvgIpc) is 3.28. The molecule has 0 aliphatic rings. The van der Waals surface area contributed by atoms with E-state index in [4.69, 9.17) is 12.2 Å². The number of hydrogen-bond donors (Lipinski definition) is 0. The van der Waals surface area contributed by atoms with Gasteiger partial charge in [-0.25, -0.2) is 8.42 Å². The molecule has 0 saturated heterocycles. The third-order valence-electron chi connectivity index (χ3n) is 4.81. The van der Waals surface area contributed by atoms with Crippen molar-refractivity contribution in [2.24, 2.45) is 15.0 Å². The van der Waals surface area contributed by atoms with Crippen LogP contribution in [0.3, 0.4) is 0 Å². The van der Waals surface area contributed by atoms with Crippen molar-refractivity contribution in [1.82, 2.24) is 24.5 Å². The topological polar surface area (TPSA) is 156 Å². The maximum atomic E-state index is 10.3. The summed E-state index contributed by atoms with van der Waals surface area (Å²) >= 11 is 25.4. The Hall–Kier alpha value is 0.0269. The van der Waals surface area contributed by atoms with E-state index in [2.05, 4.69) is 104 Å². The maximum Gasteiger partial charge on any atom is 0.225 e. The van der Waals surface area contributed by atoms with Gasteiger partial charge in [0.2, 0.25) is 17.7 Å². The third-order valence-corrected chi connectivity index (χ3v) is 7.60. The van der Waals surface area contributed by atoms with Crippen LogP contribution in [0.4, 0.5) is 4.39 Å². The molecule has 0 N–H and O–H groups in total. The van der Waals surface area contributed by atoms with Gasteiger partial charge >= 0.3 is 0 Å². The lowest BCUT2D eigenvalue weighted by molar-refractivity contribution is -0.140. The first-order valence-electron chi connectivity index (χ1n) is 21.1. The molecular weight excluding hydrogens is 1290 g/mol. The summed E-state index contributed by atoms with van der Waals surface area (Å²) in [6.07, 6.45) is 13.6. The molecule has 0 rings (SSSR count). The van der Waals surface area contributed by atoms with Gasteiger partial charge in [0.25, 0.3) is 0 Å². The number of hydrogen-bond acceptors (Lipinski definition) is 16. The number of carbonyl (C=O) groups is 4. The molecule has 0 aromatic rings. The van der Waals surface area contributed by atoms with Crippen LogP contribution in [-0.4, -0.2) is 249 Å². The number of sulfone groups is 1. The van der Waals surface area contributed by atoms with Crippen molar-refractivity contribution in [3.8, 4) is 0 Å². The highest BCUT2D eigenvalue weighted by molar-refractivity contribution is 14.1. The molecule has 0 heterocycles. The van der Waals surface area contributed by atoms with E-state index in [9.17, 15) is 32.0 Å². The minimum absolute atomic E-state index is 0.0926. The van der Waals surface area contributed by atoms with E-state index in [1.807, 2.05) is 141 Å². The summed E-state index contributed by atoms with van der Waals surface area (Å²) in [5.74, 6) is 2.51. The number of nitrogens with zero attached hydrogens (tertiary/aromatic N) is 8. The molecular formula is C47H114BrClFIN8O6S7Si. The van der Waals surface area contributed by atoms with Gasteiger partial charge in [0.05, 0.1) is 23.0 Å². The molecule has 0 atom stereocenters. The van der Waals surface area contributed by atoms with Gasteiger partial charge in [-0.15, -0.1) is 35.1 Å². The first-order chi connectivity index (χ1) is 32.8. The van der Waals surface area contributed by atoms with Crippen LogP contribution in [0, 0.1) is 0 Å². The zero-order chi connectivity index (χ0) is 64.0. The van der Waals surface area contributed by atoms with Gasteiger partial charge in [0.1, 0.15) is 9.84 Å². The van der Waals surface area contributed by atoms with E-state index in [0.717, 1.165) is 43.2 Å². The van der Waals surface area contributed by atoms with Crippen LogP contribution >= 0.6 is 122 Å². The van der Waals surface area contributed by atoms with Crippen LogP contribution in [-0.2, 0) is 29.0 Å². The van der Waals surface area contributed by atoms with Gasteiger partial charge in [-0.2, -0.15) is 11.8 Å². The van der Waals surface area contributed by atoms with Crippen LogP contribution in [0.1, 0.15) is 69.2 Å². The largest absolute Gasteiger partial charge is 0.373 e. The zero-order valence-corrected chi connectivity index (χ0v) is 64.6. The van der Waals surface area contributed by atoms with Crippen LogP contribution in [0.25, 0.3) is 0 Å². The van der Waals surface area contributed by atoms with Crippen molar-refractivity contribution in [1.29, 1.82) is 0 Å². The first-order valence-corrected chi connectivity index (χ1v) is 38.1. The second kappa shape index (κ2) is 97.6. The van der Waals surface area contributed by atoms with Gasteiger partial charge in [0.15, 0.2) is 5.12 Å². The standard InChI is InChI=1S/C5H12N2.C5H9NO2.C4H9NO.2C4H9NS.C4H9N.C4H12Si.C3H9N.C3H6OS.C3H6S2.C2H6O2S.C2H6S.CH3Br.CH3Cl.CH3F.CH3I/c1-5(6-2)7(3)4;1-4(7)6(3)5(2)8;1-4(6)5(2)3;1-4(5-2)6-3;1-4(6)5(2)3;1-4(2)5-3;1-5(2,3)4;1-4(2)3;2*1-3(4)5-2;1-5(2,3)4;1-3-2;4*1-2/h1-4H3;1-3H3;3*1-3H3;1-3H3;1-4H3;1-3H3;3*1-2H3;1-2H3;4*1H3. The van der Waals surface area contributed by atoms with Crippen molar-refractivity contribution in [2.75, 3.05) is 160 Å². The molecule has 0 fully saturated rings. The van der Waals surface area contributed by atoms with Crippen LogP contribution in [0.2, 0.25) is 26.2 Å². The van der Waals surface area contributed by atoms with Crippen molar-refractivity contribution in [3.63, 3.8) is 0 Å². The molecule has 26 heteroatoms. The Morgan fingerprint density at radius 1 is 0.562 bits per heavy atom. The number of imide groups is 1. The number of rotatable bonds is 0. The highest BCUT2D eigenvalue weighted by Gasteiger charge is 2.04. The molecule has 0 aromatic carbocycles. The van der Waals surface area contributed by atoms with E-state index in [1.165, 1.54) is 50.9 Å². The fraction of sp³-hybridized carbons (Fsp3) is 0.809. The summed E-state index contributed by atoms with van der Waals surface area (Å²) in [5, 5.41) is 1.31. The Morgan fingerprint density at radius 2 is 0.740 bits per heavy atom. The second-order valence-corrected chi connectivity index (χ2v) is 29.1. The molecule has 14 nitrogen and oxygen atoms in total. The monoisotopic (exact) mass is 1400 g/mol. The number of amidine groups is 1. The van der Waals surface area contributed by atoms with Crippen LogP contribution < -0.4 is 0 Å². The summed E-state index contributed by atoms with van der Waals surface area (Å²) < 4.78 is 29.8. The van der Waals surface area contributed by atoms with E-state index >= 15 is 0 Å². The molecule has 0 spiro atoms. The number of amides is 3. The van der Waals surface area contributed by atoms with Gasteiger partial charge in [-0.1, -0.05) is 101 Å². The van der Waals surface area contributed by atoms with Crippen molar-refractivity contribution >= 4 is 188 Å². The lowest BCUT2D eigenvalue weighted by atomic mass is 10.5. The molecule has 0 saturated carbocycles. The lowest BCUT2D eigenvalue weighted by Crippen LogP contribution is -2.28. The Balaban J connectivity index is -0.0000000344. The summed E-state index contributed by atoms with van der Waals surface area (Å²) in [5.41, 5.74) is 1.13. The Labute approximate surface area is 510 Å². The number of halogens is 4. The Kier molecular flexibility index (Phi) is 156. The van der Waals surface area contributed by atoms with E-state index in [1.54, 1.807) is 83.7 Å². The Morgan fingerprint density at radius 3 is 0.740 bits per heavy atom. The highest BCUT2D eigenvalue weighted by atomic mass is 127. The van der Waals surface area contributed by atoms with Crippen molar-refractivity contribution < 1.29 is 32.0 Å². The predicted octanol–water partition coefficient (Wildman–Crippen LogP) is 13.0. The van der Waals surface area contributed by atoms with Crippen molar-refractivity contribution in [2.45, 2.75) is 95.4 Å². The minimum Gasteiger partial charge on any atom is -0.373 e. The summed E-state index contributed by atoms with van der Waals surface area (Å²) in [7, 11) is 21.3. The number of thiocarbonyl (C=S) groups is 2. The molecule has 73 heavy (non-hydrogen) atoms. The molecule has 0 radical (unpaired) electrons. The second-order valence-electron chi connectivity index (χ2n) is 15.5. The van der Waals surface area contributed by atoms with Gasteiger partial charge < -0.3 is 19.6 Å². The minimum atomic E-state index is -2.67. The number of carbonyl (C=O) groups excluding carboxylic acids is 4. The fourth-order valence-electron chi connectivity index (χ4n) is 0.513. The number of thioether (sulfide) groups is 4. The normalized spacial score (nSPS) is 8.53. The first kappa shape index (κ1) is 116. The molecule has 0 bridgehead atoms. The molecule has 0 unspecified atom stereocenters. The number of alkyl halides is 4. The molecule has 3 amide bonds. The highest BCUT2D eigenvalue weighted by Crippen LogP contribution is 1.95. The average molecular weight is 1400 g/mol. The Bertz CT molecular complexity index is 1310. The molecule has 0 aliphatic heterocycles. The molecule has 452 valence electrons. The van der Waals surface area contributed by atoms with E-state index < -0.39 is 17.9 Å². The number of aliphatic imine (C=N–C) groups is 3. The quantitative estimate of drug-likeness (QED) is 0.0563. The fourth-order valence-corrected chi connectivity index (χ4v) is 0.696. The SMILES string of the molecule is CBr.CC(=O)N(C)C.CC(=O)N(C)C(C)=O.CC(=S)N(C)C.CCl.CF.CI.CN(C)C.CN=C(C)C.CN=C(C)N(C)C.CN=C(C)SC.CS(C)(=O)=O.CSC.CSC(C)=O.CSC(C)=S.C[Si](C)(C)C. The van der Waals surface area contributed by atoms with Gasteiger partial charge in [0, 0.05) is 135 Å². The zero-order valence-electron chi connectivity index (χ0n) is 53.4. The predicted molar refractivity (Wildman–Crippen MR) is 374 cm³/mol. The van der Waals surface area contributed by atoms with Crippen molar-refractivity contribution in [3.05, 3.63) is 0 Å². The van der Waals surface area contributed by atoms with E-state index in [-0.39, 0.29) is 22.8 Å². The molecule has 0 aromatic heterocycles. The summed E-state index contributed by atoms with van der Waals surface area (Å²) in [6.45, 7) is 26.8. The smallest absolute Gasteiger partial charge is 0.225 e. The maximum absolute atomic E-state index is 10.3. The summed E-state index contributed by atoms with van der Waals surface area (Å²) in [4.78, 5) is 63.4.